The van der Waals surface area contributed by atoms with Crippen molar-refractivity contribution in [1.82, 2.24) is 0 Å². The Morgan fingerprint density at radius 2 is 0.727 bits per heavy atom. The second kappa shape index (κ2) is 11.9. The molecule has 126 valence electrons. The predicted octanol–water partition coefficient (Wildman–Crippen LogP) is 5.48. The third-order valence-electron chi connectivity index (χ3n) is 1.30. The normalized spacial score (nSPS) is 12.4. The zero-order chi connectivity index (χ0) is 17.9. The molecule has 0 radical (unpaired) electrons. The van der Waals surface area contributed by atoms with Crippen LogP contribution in [-0.4, -0.2) is 40.3 Å². The molecule has 0 fully saturated rings. The van der Waals surface area contributed by atoms with Gasteiger partial charge in [0.05, 0.1) is 0 Å². The molecule has 0 amide bonds. The molecule has 16 heteroatoms. The summed E-state index contributed by atoms with van der Waals surface area (Å²) in [4.78, 5) is 35.9. The van der Waals surface area contributed by atoms with Crippen LogP contribution in [0.15, 0.2) is 0 Å². The molecular formula is C6I9O6Tl. The van der Waals surface area contributed by atoms with Gasteiger partial charge in [0, 0.05) is 0 Å². The average molecular weight is 1510 g/mol. The van der Waals surface area contributed by atoms with Gasteiger partial charge in [0.1, 0.15) is 0 Å². The SMILES string of the molecule is O=C([O][Tl]([O]C(=O)C(I)(I)I)[O]C(=O)C(I)(I)I)C(I)(I)I. The minimum absolute atomic E-state index is 0.594. The first kappa shape index (κ1) is 27.9. The maximum absolute atomic E-state index is 12.0. The third-order valence-corrected chi connectivity index (χ3v) is 10.0. The summed E-state index contributed by atoms with van der Waals surface area (Å²) < 4.78 is 13.0. The summed E-state index contributed by atoms with van der Waals surface area (Å²) in [5.41, 5.74) is 0. The van der Waals surface area contributed by atoms with Crippen LogP contribution in [-0.2, 0) is 22.4 Å². The molecule has 0 aromatic carbocycles. The molecule has 0 heterocycles. The van der Waals surface area contributed by atoms with Crippen molar-refractivity contribution in [1.29, 1.82) is 0 Å². The maximum atomic E-state index is 12.0. The van der Waals surface area contributed by atoms with Gasteiger partial charge in [0.25, 0.3) is 0 Å². The van der Waals surface area contributed by atoms with Gasteiger partial charge in [-0.3, -0.25) is 0 Å². The Kier molecular flexibility index (Phi) is 15.1. The van der Waals surface area contributed by atoms with Gasteiger partial charge in [-0.05, 0) is 0 Å². The Morgan fingerprint density at radius 3 is 0.864 bits per heavy atom. The summed E-state index contributed by atoms with van der Waals surface area (Å²) in [6, 6.07) is 0. The minimum atomic E-state index is -4.24. The van der Waals surface area contributed by atoms with Gasteiger partial charge in [0.15, 0.2) is 0 Å². The molecule has 0 aromatic rings. The van der Waals surface area contributed by atoms with Crippen molar-refractivity contribution in [2.45, 2.75) is -1.69 Å². The van der Waals surface area contributed by atoms with E-state index in [9.17, 15) is 14.4 Å². The molecule has 0 aliphatic heterocycles. The van der Waals surface area contributed by atoms with Crippen molar-refractivity contribution in [2.75, 3.05) is 0 Å². The van der Waals surface area contributed by atoms with Crippen molar-refractivity contribution < 1.29 is 22.4 Å². The van der Waals surface area contributed by atoms with Gasteiger partial charge in [-0.15, -0.1) is 0 Å². The number of hydrogen-bond donors (Lipinski definition) is 0. The zero-order valence-electron chi connectivity index (χ0n) is 9.43. The Labute approximate surface area is 259 Å². The van der Waals surface area contributed by atoms with E-state index in [1.807, 2.05) is 203 Å². The number of hydrogen-bond acceptors (Lipinski definition) is 6. The molecule has 0 saturated carbocycles. The predicted molar refractivity (Wildman–Crippen MR) is 158 cm³/mol. The fraction of sp³-hybridized carbons (Fsp3) is 0.500. The summed E-state index contributed by atoms with van der Waals surface area (Å²) in [6.07, 6.45) is 0. The molecule has 0 aliphatic carbocycles. The summed E-state index contributed by atoms with van der Waals surface area (Å²) in [7, 11) is 0. The van der Waals surface area contributed by atoms with Crippen LogP contribution >= 0.6 is 203 Å². The molecular weight excluding hydrogens is 1510 g/mol. The fourth-order valence-corrected chi connectivity index (χ4v) is 14.7. The van der Waals surface area contributed by atoms with Crippen LogP contribution in [0.3, 0.4) is 0 Å². The zero-order valence-corrected chi connectivity index (χ0v) is 33.3. The number of alkyl halides is 9. The van der Waals surface area contributed by atoms with Crippen molar-refractivity contribution in [3.05, 3.63) is 0 Å². The monoisotopic (exact) mass is 1520 g/mol. The van der Waals surface area contributed by atoms with Gasteiger partial charge in [-0.25, -0.2) is 0 Å². The Balaban J connectivity index is 5.12. The van der Waals surface area contributed by atoms with E-state index < -0.39 is 40.3 Å². The van der Waals surface area contributed by atoms with Crippen LogP contribution in [0.5, 0.6) is 0 Å². The summed E-state index contributed by atoms with van der Waals surface area (Å²) in [5.74, 6) is -1.78. The number of halogens is 9. The molecule has 0 saturated heterocycles. The van der Waals surface area contributed by atoms with E-state index in [1.54, 1.807) is 0 Å². The summed E-state index contributed by atoms with van der Waals surface area (Å²) in [6.45, 7) is 0. The van der Waals surface area contributed by atoms with Crippen LogP contribution in [0.25, 0.3) is 0 Å². The standard InChI is InChI=1S/3C2HI3O2.Tl/c3*3-2(4,5)1(6)7;/h3*(H,6,7);/q;;;+3/p-3. The first-order valence-electron chi connectivity index (χ1n) is 4.38. The second-order valence-corrected chi connectivity index (χ2v) is 41.1. The van der Waals surface area contributed by atoms with Crippen molar-refractivity contribution >= 4 is 245 Å². The summed E-state index contributed by atoms with van der Waals surface area (Å²) in [5, 5.41) is 0. The van der Waals surface area contributed by atoms with E-state index in [0.29, 0.717) is 0 Å². The average Bonchev–Trinajstić information content (AvgIpc) is 2.24. The van der Waals surface area contributed by atoms with Crippen LogP contribution in [0.4, 0.5) is 0 Å². The van der Waals surface area contributed by atoms with Gasteiger partial charge >= 0.3 is 266 Å². The molecule has 0 bridgehead atoms. The number of carbonyl (C=O) groups is 3. The number of rotatable bonds is 6. The molecule has 0 atom stereocenters. The van der Waals surface area contributed by atoms with E-state index in [2.05, 4.69) is 0 Å². The molecule has 0 rings (SSSR count). The Bertz CT molecular complexity index is 384. The molecule has 6 nitrogen and oxygen atoms in total. The van der Waals surface area contributed by atoms with Gasteiger partial charge in [-0.1, -0.05) is 0 Å². The topological polar surface area (TPSA) is 78.9 Å². The van der Waals surface area contributed by atoms with Crippen LogP contribution in [0.2, 0.25) is 0 Å². The van der Waals surface area contributed by atoms with Crippen LogP contribution in [0.1, 0.15) is 0 Å². The molecule has 0 N–H and O–H groups in total. The first-order valence-corrected chi connectivity index (χ1v) is 19.6. The molecule has 0 spiro atoms. The van der Waals surface area contributed by atoms with Crippen LogP contribution < -0.4 is 0 Å². The molecule has 0 aliphatic rings. The second-order valence-electron chi connectivity index (χ2n) is 3.00. The summed E-state index contributed by atoms with van der Waals surface area (Å²) >= 11 is 12.7. The third kappa shape index (κ3) is 12.5. The Morgan fingerprint density at radius 1 is 0.545 bits per heavy atom. The van der Waals surface area contributed by atoms with E-state index in [1.165, 1.54) is 0 Å². The Hall–Kier alpha value is 5.90. The van der Waals surface area contributed by atoms with Gasteiger partial charge in [-0.2, -0.15) is 0 Å². The van der Waals surface area contributed by atoms with Gasteiger partial charge in [0.2, 0.25) is 0 Å². The molecule has 0 aromatic heterocycles. The van der Waals surface area contributed by atoms with Crippen LogP contribution in [0, 0.1) is 0 Å². The van der Waals surface area contributed by atoms with E-state index in [0.717, 1.165) is 0 Å². The van der Waals surface area contributed by atoms with Crippen molar-refractivity contribution in [3.63, 3.8) is 0 Å². The molecule has 22 heavy (non-hydrogen) atoms. The molecule has 0 unspecified atom stereocenters. The van der Waals surface area contributed by atoms with Crippen molar-refractivity contribution in [3.8, 4) is 0 Å². The fourth-order valence-electron chi connectivity index (χ4n) is 0.535. The van der Waals surface area contributed by atoms with E-state index in [4.69, 9.17) is 8.06 Å². The van der Waals surface area contributed by atoms with Gasteiger partial charge < -0.3 is 0 Å². The van der Waals surface area contributed by atoms with E-state index >= 15 is 0 Å². The van der Waals surface area contributed by atoms with E-state index in [-0.39, 0.29) is 0 Å². The first-order chi connectivity index (χ1) is 9.55. The number of carbonyl (C=O) groups excluding carboxylic acids is 3. The van der Waals surface area contributed by atoms with Crippen molar-refractivity contribution in [2.24, 2.45) is 0 Å². The quantitative estimate of drug-likeness (QED) is 0.200.